The Bertz CT molecular complexity index is 838. The van der Waals surface area contributed by atoms with Crippen molar-refractivity contribution >= 4 is 28.6 Å². The van der Waals surface area contributed by atoms with E-state index in [2.05, 4.69) is 9.97 Å². The van der Waals surface area contributed by atoms with Crippen molar-refractivity contribution in [1.82, 2.24) is 14.9 Å². The lowest BCUT2D eigenvalue weighted by molar-refractivity contribution is -0.134. The van der Waals surface area contributed by atoms with E-state index in [1.165, 1.54) is 6.26 Å². The average molecular weight is 388 g/mol. The van der Waals surface area contributed by atoms with Gasteiger partial charge in [0.2, 0.25) is 5.95 Å². The molecular formula is C18H20N4O4S. The third-order valence-electron chi connectivity index (χ3n) is 4.21. The lowest BCUT2D eigenvalue weighted by Gasteiger charge is -2.34. The molecule has 142 valence electrons. The van der Waals surface area contributed by atoms with E-state index in [9.17, 15) is 13.8 Å². The number of hydrogen-bond acceptors (Lipinski definition) is 7. The van der Waals surface area contributed by atoms with E-state index in [4.69, 9.17) is 4.74 Å². The van der Waals surface area contributed by atoms with Gasteiger partial charge in [-0.05, 0) is 18.2 Å². The highest BCUT2D eigenvalue weighted by Crippen LogP contribution is 2.14. The maximum absolute atomic E-state index is 12.3. The fourth-order valence-electron chi connectivity index (χ4n) is 2.79. The standard InChI is InChI=1S/C18H20N4O4S/c1-27(25)15-6-3-2-5-14(15)17(24)26-13-16(23)21-9-11-22(12-10-21)18-19-7-4-8-20-18/h2-8H,9-13H2,1H3/t27-/m0/s1. The van der Waals surface area contributed by atoms with Crippen LogP contribution in [-0.4, -0.2) is 70.0 Å². The van der Waals surface area contributed by atoms with Crippen LogP contribution in [0.3, 0.4) is 0 Å². The fraction of sp³-hybridized carbons (Fsp3) is 0.333. The molecule has 0 aliphatic carbocycles. The lowest BCUT2D eigenvalue weighted by atomic mass is 10.2. The number of carbonyl (C=O) groups excluding carboxylic acids is 2. The van der Waals surface area contributed by atoms with Gasteiger partial charge in [0.05, 0.1) is 21.3 Å². The second-order valence-electron chi connectivity index (χ2n) is 5.94. The average Bonchev–Trinajstić information content (AvgIpc) is 2.72. The van der Waals surface area contributed by atoms with Crippen molar-refractivity contribution in [2.75, 3.05) is 43.9 Å². The molecule has 1 saturated heterocycles. The summed E-state index contributed by atoms with van der Waals surface area (Å²) >= 11 is 0. The van der Waals surface area contributed by atoms with Crippen LogP contribution in [-0.2, 0) is 20.3 Å². The summed E-state index contributed by atoms with van der Waals surface area (Å²) in [5.41, 5.74) is 0.220. The number of anilines is 1. The number of piperazine rings is 1. The van der Waals surface area contributed by atoms with Crippen LogP contribution in [0.1, 0.15) is 10.4 Å². The number of carbonyl (C=O) groups is 2. The van der Waals surface area contributed by atoms with Crippen LogP contribution in [0.2, 0.25) is 0 Å². The predicted octanol–water partition coefficient (Wildman–Crippen LogP) is 0.720. The molecule has 8 nitrogen and oxygen atoms in total. The van der Waals surface area contributed by atoms with Gasteiger partial charge < -0.3 is 14.5 Å². The SMILES string of the molecule is C[S@](=O)c1ccccc1C(=O)OCC(=O)N1CCN(c2ncccn2)CC1. The Morgan fingerprint density at radius 1 is 1.07 bits per heavy atom. The van der Waals surface area contributed by atoms with E-state index < -0.39 is 16.8 Å². The van der Waals surface area contributed by atoms with Crippen molar-refractivity contribution in [1.29, 1.82) is 0 Å². The third-order valence-corrected chi connectivity index (χ3v) is 5.19. The largest absolute Gasteiger partial charge is 0.452 e. The van der Waals surface area contributed by atoms with Crippen LogP contribution in [0.5, 0.6) is 0 Å². The van der Waals surface area contributed by atoms with Gasteiger partial charge in [-0.15, -0.1) is 0 Å². The number of amides is 1. The first-order valence-electron chi connectivity index (χ1n) is 8.45. The van der Waals surface area contributed by atoms with E-state index in [-0.39, 0.29) is 18.1 Å². The Morgan fingerprint density at radius 2 is 1.74 bits per heavy atom. The van der Waals surface area contributed by atoms with E-state index in [0.717, 1.165) is 0 Å². The van der Waals surface area contributed by atoms with Crippen LogP contribution in [0.25, 0.3) is 0 Å². The maximum Gasteiger partial charge on any atom is 0.339 e. The highest BCUT2D eigenvalue weighted by atomic mass is 32.2. The molecule has 2 aromatic rings. The lowest BCUT2D eigenvalue weighted by Crippen LogP contribution is -2.50. The Kier molecular flexibility index (Phi) is 6.12. The molecule has 0 radical (unpaired) electrons. The first kappa shape index (κ1) is 19.0. The highest BCUT2D eigenvalue weighted by Gasteiger charge is 2.24. The molecule has 9 heteroatoms. The first-order valence-corrected chi connectivity index (χ1v) is 10.0. The van der Waals surface area contributed by atoms with Gasteiger partial charge in [0.25, 0.3) is 5.91 Å². The molecule has 3 rings (SSSR count). The number of benzene rings is 1. The molecule has 1 fully saturated rings. The van der Waals surface area contributed by atoms with Crippen molar-refractivity contribution in [3.63, 3.8) is 0 Å². The van der Waals surface area contributed by atoms with Gasteiger partial charge in [-0.2, -0.15) is 0 Å². The summed E-state index contributed by atoms with van der Waals surface area (Å²) in [6.07, 6.45) is 4.86. The zero-order chi connectivity index (χ0) is 19.2. The Hall–Kier alpha value is -2.81. The van der Waals surface area contributed by atoms with Crippen molar-refractivity contribution in [2.45, 2.75) is 4.90 Å². The van der Waals surface area contributed by atoms with Crippen LogP contribution in [0, 0.1) is 0 Å². The molecule has 27 heavy (non-hydrogen) atoms. The molecule has 1 atom stereocenters. The second kappa shape index (κ2) is 8.72. The molecule has 1 amide bonds. The van der Waals surface area contributed by atoms with Gasteiger partial charge in [0, 0.05) is 44.8 Å². The Balaban J connectivity index is 1.52. The van der Waals surface area contributed by atoms with Crippen molar-refractivity contribution in [2.24, 2.45) is 0 Å². The van der Waals surface area contributed by atoms with Crippen molar-refractivity contribution in [3.05, 3.63) is 48.3 Å². The minimum atomic E-state index is -1.32. The van der Waals surface area contributed by atoms with E-state index >= 15 is 0 Å². The van der Waals surface area contributed by atoms with Crippen LogP contribution < -0.4 is 4.90 Å². The Morgan fingerprint density at radius 3 is 2.41 bits per heavy atom. The second-order valence-corrected chi connectivity index (χ2v) is 7.29. The number of aromatic nitrogens is 2. The topological polar surface area (TPSA) is 92.7 Å². The monoisotopic (exact) mass is 388 g/mol. The summed E-state index contributed by atoms with van der Waals surface area (Å²) in [6.45, 7) is 1.89. The zero-order valence-electron chi connectivity index (χ0n) is 14.9. The number of nitrogens with zero attached hydrogens (tertiary/aromatic N) is 4. The molecule has 0 N–H and O–H groups in total. The molecule has 0 bridgehead atoms. The molecule has 0 saturated carbocycles. The number of rotatable bonds is 5. The minimum absolute atomic E-state index is 0.220. The molecule has 1 aliphatic heterocycles. The molecule has 0 spiro atoms. The zero-order valence-corrected chi connectivity index (χ0v) is 15.7. The summed E-state index contributed by atoms with van der Waals surface area (Å²) in [5.74, 6) is -0.266. The number of esters is 1. The fourth-order valence-corrected chi connectivity index (χ4v) is 3.52. The summed E-state index contributed by atoms with van der Waals surface area (Å²) in [4.78, 5) is 37.0. The summed E-state index contributed by atoms with van der Waals surface area (Å²) in [7, 11) is -1.32. The number of ether oxygens (including phenoxy) is 1. The summed E-state index contributed by atoms with van der Waals surface area (Å²) < 4.78 is 16.9. The van der Waals surface area contributed by atoms with Gasteiger partial charge in [-0.3, -0.25) is 9.00 Å². The van der Waals surface area contributed by atoms with Crippen molar-refractivity contribution < 1.29 is 18.5 Å². The molecular weight excluding hydrogens is 368 g/mol. The van der Waals surface area contributed by atoms with E-state index in [1.807, 2.05) is 4.90 Å². The summed E-state index contributed by atoms with van der Waals surface area (Å²) in [6, 6.07) is 8.28. The quantitative estimate of drug-likeness (QED) is 0.697. The molecule has 2 heterocycles. The van der Waals surface area contributed by atoms with Crippen molar-refractivity contribution in [3.8, 4) is 0 Å². The van der Waals surface area contributed by atoms with Gasteiger partial charge in [0.1, 0.15) is 0 Å². The highest BCUT2D eigenvalue weighted by molar-refractivity contribution is 7.84. The molecule has 1 aromatic carbocycles. The van der Waals surface area contributed by atoms with Gasteiger partial charge >= 0.3 is 5.97 Å². The normalized spacial score (nSPS) is 15.3. The number of hydrogen-bond donors (Lipinski definition) is 0. The smallest absolute Gasteiger partial charge is 0.339 e. The Labute approximate surface area is 159 Å². The van der Waals surface area contributed by atoms with Crippen LogP contribution in [0.15, 0.2) is 47.6 Å². The van der Waals surface area contributed by atoms with E-state index in [1.54, 1.807) is 47.6 Å². The molecule has 1 aliphatic rings. The maximum atomic E-state index is 12.3. The van der Waals surface area contributed by atoms with Gasteiger partial charge in [-0.25, -0.2) is 14.8 Å². The minimum Gasteiger partial charge on any atom is -0.452 e. The van der Waals surface area contributed by atoms with E-state index in [0.29, 0.717) is 37.0 Å². The van der Waals surface area contributed by atoms with Gasteiger partial charge in [-0.1, -0.05) is 12.1 Å². The van der Waals surface area contributed by atoms with Crippen LogP contribution in [0.4, 0.5) is 5.95 Å². The third kappa shape index (κ3) is 4.68. The first-order chi connectivity index (χ1) is 13.1. The summed E-state index contributed by atoms with van der Waals surface area (Å²) in [5, 5.41) is 0. The predicted molar refractivity (Wildman–Crippen MR) is 99.9 cm³/mol. The molecule has 1 aromatic heterocycles. The van der Waals surface area contributed by atoms with Crippen LogP contribution >= 0.6 is 0 Å². The molecule has 0 unspecified atom stereocenters. The van der Waals surface area contributed by atoms with Gasteiger partial charge in [0.15, 0.2) is 6.61 Å².